The van der Waals surface area contributed by atoms with E-state index in [-0.39, 0.29) is 0 Å². The molecule has 0 bridgehead atoms. The molecule has 0 aromatic carbocycles. The maximum Gasteiger partial charge on any atom is 0.137 e. The minimum atomic E-state index is -0.392. The highest BCUT2D eigenvalue weighted by Crippen LogP contribution is 2.17. The number of imidazole rings is 1. The van der Waals surface area contributed by atoms with Crippen LogP contribution >= 0.6 is 0 Å². The molecule has 0 aliphatic carbocycles. The number of aromatic nitrogens is 2. The Kier molecular flexibility index (Phi) is 4.66. The highest BCUT2D eigenvalue weighted by Gasteiger charge is 2.11. The summed E-state index contributed by atoms with van der Waals surface area (Å²) in [5.41, 5.74) is 0. The largest absolute Gasteiger partial charge is 0.385 e. The average Bonchev–Trinajstić information content (AvgIpc) is 2.65. The zero-order valence-electron chi connectivity index (χ0n) is 9.11. The molecule has 0 aliphatic heterocycles. The number of rotatable bonds is 6. The van der Waals surface area contributed by atoms with Crippen molar-refractivity contribution in [1.82, 2.24) is 9.55 Å². The zero-order chi connectivity index (χ0) is 10.4. The van der Waals surface area contributed by atoms with Gasteiger partial charge in [-0.15, -0.1) is 0 Å². The molecule has 0 spiro atoms. The second-order valence-corrected chi connectivity index (χ2v) is 3.58. The molecule has 1 rings (SSSR count). The standard InChI is InChI=1S/C11H20N2O/c1-3-5-6-7-10(14)11-12-8-9-13(11)4-2/h8-10,14H,3-7H2,1-2H3. The molecule has 1 heterocycles. The molecule has 1 aromatic rings. The Bertz CT molecular complexity index is 258. The third-order valence-electron chi connectivity index (χ3n) is 2.47. The van der Waals surface area contributed by atoms with E-state index in [2.05, 4.69) is 18.8 Å². The van der Waals surface area contributed by atoms with Crippen LogP contribution in [-0.2, 0) is 6.54 Å². The van der Waals surface area contributed by atoms with E-state index in [0.29, 0.717) is 0 Å². The Morgan fingerprint density at radius 1 is 1.43 bits per heavy atom. The summed E-state index contributed by atoms with van der Waals surface area (Å²) in [6, 6.07) is 0. The Labute approximate surface area is 85.8 Å². The molecule has 0 saturated heterocycles. The zero-order valence-corrected chi connectivity index (χ0v) is 9.11. The van der Waals surface area contributed by atoms with Crippen LogP contribution in [0, 0.1) is 0 Å². The fourth-order valence-corrected chi connectivity index (χ4v) is 1.60. The lowest BCUT2D eigenvalue weighted by Crippen LogP contribution is -2.07. The molecule has 0 saturated carbocycles. The Balaban J connectivity index is 2.47. The first-order valence-electron chi connectivity index (χ1n) is 5.48. The molecule has 1 N–H and O–H groups in total. The number of hydrogen-bond donors (Lipinski definition) is 1. The summed E-state index contributed by atoms with van der Waals surface area (Å²) < 4.78 is 2.00. The molecule has 1 unspecified atom stereocenters. The van der Waals surface area contributed by atoms with Crippen LogP contribution in [0.2, 0.25) is 0 Å². The summed E-state index contributed by atoms with van der Waals surface area (Å²) in [4.78, 5) is 4.18. The van der Waals surface area contributed by atoms with Crippen LogP contribution < -0.4 is 0 Å². The van der Waals surface area contributed by atoms with Crippen molar-refractivity contribution < 1.29 is 5.11 Å². The molecule has 1 atom stereocenters. The van der Waals surface area contributed by atoms with Crippen LogP contribution in [0.25, 0.3) is 0 Å². The van der Waals surface area contributed by atoms with E-state index in [0.717, 1.165) is 25.2 Å². The van der Waals surface area contributed by atoms with Crippen molar-refractivity contribution >= 4 is 0 Å². The van der Waals surface area contributed by atoms with Gasteiger partial charge in [0.2, 0.25) is 0 Å². The van der Waals surface area contributed by atoms with Crippen molar-refractivity contribution in [2.75, 3.05) is 0 Å². The molecule has 0 aliphatic rings. The predicted octanol–water partition coefficient (Wildman–Crippen LogP) is 2.52. The maximum atomic E-state index is 9.86. The van der Waals surface area contributed by atoms with Gasteiger partial charge in [0.15, 0.2) is 0 Å². The van der Waals surface area contributed by atoms with E-state index in [4.69, 9.17) is 0 Å². The molecule has 1 aromatic heterocycles. The van der Waals surface area contributed by atoms with E-state index in [9.17, 15) is 5.11 Å². The third kappa shape index (κ3) is 2.84. The highest BCUT2D eigenvalue weighted by atomic mass is 16.3. The summed E-state index contributed by atoms with van der Waals surface area (Å²) >= 11 is 0. The van der Waals surface area contributed by atoms with Gasteiger partial charge in [0.25, 0.3) is 0 Å². The molecule has 0 radical (unpaired) electrons. The van der Waals surface area contributed by atoms with Crippen LogP contribution in [0.1, 0.15) is 51.5 Å². The minimum Gasteiger partial charge on any atom is -0.385 e. The average molecular weight is 196 g/mol. The fraction of sp³-hybridized carbons (Fsp3) is 0.727. The third-order valence-corrected chi connectivity index (χ3v) is 2.47. The summed E-state index contributed by atoms with van der Waals surface area (Å²) in [5.74, 6) is 0.809. The van der Waals surface area contributed by atoms with Gasteiger partial charge in [-0.1, -0.05) is 26.2 Å². The van der Waals surface area contributed by atoms with Gasteiger partial charge >= 0.3 is 0 Å². The van der Waals surface area contributed by atoms with Crippen molar-refractivity contribution in [3.8, 4) is 0 Å². The number of aliphatic hydroxyl groups excluding tert-OH is 1. The van der Waals surface area contributed by atoms with Crippen LogP contribution in [0.5, 0.6) is 0 Å². The first kappa shape index (κ1) is 11.2. The van der Waals surface area contributed by atoms with Gasteiger partial charge in [0.05, 0.1) is 0 Å². The van der Waals surface area contributed by atoms with Gasteiger partial charge in [-0.3, -0.25) is 0 Å². The van der Waals surface area contributed by atoms with Gasteiger partial charge in [-0.05, 0) is 13.3 Å². The summed E-state index contributed by atoms with van der Waals surface area (Å²) in [6.45, 7) is 5.10. The molecule has 3 nitrogen and oxygen atoms in total. The summed E-state index contributed by atoms with van der Waals surface area (Å²) in [6.07, 6.45) is 7.55. The SMILES string of the molecule is CCCCCC(O)c1nccn1CC. The Morgan fingerprint density at radius 3 is 2.86 bits per heavy atom. The van der Waals surface area contributed by atoms with E-state index in [1.165, 1.54) is 12.8 Å². The normalized spacial score (nSPS) is 13.1. The Morgan fingerprint density at radius 2 is 2.21 bits per heavy atom. The lowest BCUT2D eigenvalue weighted by Gasteiger charge is -2.11. The monoisotopic (exact) mass is 196 g/mol. The molecule has 0 amide bonds. The second kappa shape index (κ2) is 5.81. The van der Waals surface area contributed by atoms with Crippen molar-refractivity contribution in [3.63, 3.8) is 0 Å². The van der Waals surface area contributed by atoms with Crippen LogP contribution in [0.15, 0.2) is 12.4 Å². The quantitative estimate of drug-likeness (QED) is 0.710. The maximum absolute atomic E-state index is 9.86. The summed E-state index contributed by atoms with van der Waals surface area (Å²) in [7, 11) is 0. The van der Waals surface area contributed by atoms with Crippen molar-refractivity contribution in [2.24, 2.45) is 0 Å². The highest BCUT2D eigenvalue weighted by molar-refractivity contribution is 4.96. The number of aliphatic hydroxyl groups is 1. The second-order valence-electron chi connectivity index (χ2n) is 3.58. The van der Waals surface area contributed by atoms with E-state index >= 15 is 0 Å². The predicted molar refractivity (Wildman–Crippen MR) is 57.0 cm³/mol. The van der Waals surface area contributed by atoms with Crippen molar-refractivity contribution in [1.29, 1.82) is 0 Å². The van der Waals surface area contributed by atoms with Gasteiger partial charge in [-0.25, -0.2) is 4.98 Å². The molecular weight excluding hydrogens is 176 g/mol. The van der Waals surface area contributed by atoms with E-state index < -0.39 is 6.10 Å². The van der Waals surface area contributed by atoms with Gasteiger partial charge in [0, 0.05) is 18.9 Å². The summed E-state index contributed by atoms with van der Waals surface area (Å²) in [5, 5.41) is 9.86. The number of hydrogen-bond acceptors (Lipinski definition) is 2. The molecular formula is C11H20N2O. The smallest absolute Gasteiger partial charge is 0.137 e. The molecule has 14 heavy (non-hydrogen) atoms. The van der Waals surface area contributed by atoms with Crippen molar-refractivity contribution in [2.45, 2.75) is 52.2 Å². The first-order chi connectivity index (χ1) is 6.79. The van der Waals surface area contributed by atoms with Gasteiger partial charge < -0.3 is 9.67 Å². The fourth-order valence-electron chi connectivity index (χ4n) is 1.60. The molecule has 0 fully saturated rings. The topological polar surface area (TPSA) is 38.1 Å². The number of unbranched alkanes of at least 4 members (excludes halogenated alkanes) is 2. The molecule has 3 heteroatoms. The van der Waals surface area contributed by atoms with Crippen LogP contribution in [0.3, 0.4) is 0 Å². The van der Waals surface area contributed by atoms with Crippen molar-refractivity contribution in [3.05, 3.63) is 18.2 Å². The lowest BCUT2D eigenvalue weighted by molar-refractivity contribution is 0.149. The minimum absolute atomic E-state index is 0.392. The number of nitrogens with zero attached hydrogens (tertiary/aromatic N) is 2. The van der Waals surface area contributed by atoms with E-state index in [1.54, 1.807) is 6.20 Å². The van der Waals surface area contributed by atoms with Crippen LogP contribution in [0.4, 0.5) is 0 Å². The van der Waals surface area contributed by atoms with Gasteiger partial charge in [-0.2, -0.15) is 0 Å². The van der Waals surface area contributed by atoms with Gasteiger partial charge in [0.1, 0.15) is 11.9 Å². The first-order valence-corrected chi connectivity index (χ1v) is 5.48. The number of aryl methyl sites for hydroxylation is 1. The lowest BCUT2D eigenvalue weighted by atomic mass is 10.1. The molecule has 80 valence electrons. The van der Waals surface area contributed by atoms with Crippen LogP contribution in [-0.4, -0.2) is 14.7 Å². The Hall–Kier alpha value is -0.830. The van der Waals surface area contributed by atoms with E-state index in [1.807, 2.05) is 10.8 Å².